The Hall–Kier alpha value is -1.10. The lowest BCUT2D eigenvalue weighted by Crippen LogP contribution is -2.12. The van der Waals surface area contributed by atoms with Gasteiger partial charge in [0.1, 0.15) is 12.4 Å². The fourth-order valence-corrected chi connectivity index (χ4v) is 2.61. The van der Waals surface area contributed by atoms with E-state index < -0.39 is 0 Å². The molecule has 4 nitrogen and oxygen atoms in total. The maximum Gasteiger partial charge on any atom is 0.119 e. The van der Waals surface area contributed by atoms with Crippen molar-refractivity contribution in [1.29, 1.82) is 0 Å². The number of rotatable bonds is 9. The van der Waals surface area contributed by atoms with Crippen LogP contribution in [-0.4, -0.2) is 40.6 Å². The Morgan fingerprint density at radius 3 is 2.90 bits per heavy atom. The van der Waals surface area contributed by atoms with E-state index in [-0.39, 0.29) is 0 Å². The van der Waals surface area contributed by atoms with E-state index in [2.05, 4.69) is 23.5 Å². The number of hydrogen-bond acceptors (Lipinski definition) is 4. The molecule has 1 aromatic carbocycles. The molecule has 2 rings (SSSR count). The summed E-state index contributed by atoms with van der Waals surface area (Å²) in [7, 11) is 3.72. The summed E-state index contributed by atoms with van der Waals surface area (Å²) in [6, 6.07) is 6.90. The van der Waals surface area contributed by atoms with Crippen molar-refractivity contribution in [2.24, 2.45) is 0 Å². The molecule has 0 heterocycles. The van der Waals surface area contributed by atoms with E-state index in [0.29, 0.717) is 19.3 Å². The predicted octanol–water partition coefficient (Wildman–Crippen LogP) is 2.33. The third-order valence-electron chi connectivity index (χ3n) is 3.67. The minimum atomic E-state index is 0.503. The van der Waals surface area contributed by atoms with Crippen LogP contribution in [0.2, 0.25) is 0 Å². The van der Waals surface area contributed by atoms with Crippen molar-refractivity contribution >= 4 is 0 Å². The molecule has 1 aliphatic carbocycles. The van der Waals surface area contributed by atoms with Gasteiger partial charge in [0, 0.05) is 26.4 Å². The third kappa shape index (κ3) is 4.20. The zero-order valence-corrected chi connectivity index (χ0v) is 12.5. The van der Waals surface area contributed by atoms with Crippen LogP contribution in [-0.2, 0) is 15.9 Å². The molecule has 0 saturated heterocycles. The summed E-state index contributed by atoms with van der Waals surface area (Å²) in [5, 5.41) is 3.35. The SMILES string of the molecule is CNC1CCc2cc(OCCOCCCOC)ccc21. The van der Waals surface area contributed by atoms with Crippen LogP contribution in [0.25, 0.3) is 0 Å². The van der Waals surface area contributed by atoms with Gasteiger partial charge in [0.15, 0.2) is 0 Å². The quantitative estimate of drug-likeness (QED) is 0.704. The smallest absolute Gasteiger partial charge is 0.119 e. The van der Waals surface area contributed by atoms with Crippen LogP contribution in [0.5, 0.6) is 5.75 Å². The van der Waals surface area contributed by atoms with E-state index in [1.807, 2.05) is 7.05 Å². The van der Waals surface area contributed by atoms with Crippen molar-refractivity contribution in [3.63, 3.8) is 0 Å². The number of ether oxygens (including phenoxy) is 3. The lowest BCUT2D eigenvalue weighted by Gasteiger charge is -2.11. The number of benzene rings is 1. The molecule has 1 aliphatic rings. The second kappa shape index (κ2) is 8.25. The number of fused-ring (bicyclic) bond motifs is 1. The topological polar surface area (TPSA) is 39.7 Å². The van der Waals surface area contributed by atoms with Gasteiger partial charge in [0.2, 0.25) is 0 Å². The van der Waals surface area contributed by atoms with Crippen molar-refractivity contribution < 1.29 is 14.2 Å². The maximum absolute atomic E-state index is 5.73. The first kappa shape index (κ1) is 15.3. The van der Waals surface area contributed by atoms with Crippen LogP contribution in [0.15, 0.2) is 18.2 Å². The Labute approximate surface area is 121 Å². The van der Waals surface area contributed by atoms with Gasteiger partial charge < -0.3 is 19.5 Å². The molecule has 20 heavy (non-hydrogen) atoms. The molecule has 112 valence electrons. The van der Waals surface area contributed by atoms with Crippen molar-refractivity contribution in [3.8, 4) is 5.75 Å². The predicted molar refractivity (Wildman–Crippen MR) is 79.4 cm³/mol. The summed E-state index contributed by atoms with van der Waals surface area (Å²) < 4.78 is 16.2. The molecule has 0 saturated carbocycles. The van der Waals surface area contributed by atoms with Crippen LogP contribution in [0, 0.1) is 0 Å². The summed E-state index contributed by atoms with van der Waals surface area (Å²) in [6.45, 7) is 2.70. The van der Waals surface area contributed by atoms with Crippen molar-refractivity contribution in [1.82, 2.24) is 5.32 Å². The highest BCUT2D eigenvalue weighted by atomic mass is 16.5. The molecule has 1 unspecified atom stereocenters. The lowest BCUT2D eigenvalue weighted by atomic mass is 10.1. The molecule has 0 fully saturated rings. The Morgan fingerprint density at radius 2 is 2.10 bits per heavy atom. The van der Waals surface area contributed by atoms with E-state index >= 15 is 0 Å². The second-order valence-electron chi connectivity index (χ2n) is 5.05. The summed E-state index contributed by atoms with van der Waals surface area (Å²) >= 11 is 0. The van der Waals surface area contributed by atoms with E-state index in [4.69, 9.17) is 14.2 Å². The number of nitrogens with one attached hydrogen (secondary N) is 1. The Kier molecular flexibility index (Phi) is 6.30. The zero-order valence-electron chi connectivity index (χ0n) is 12.5. The minimum absolute atomic E-state index is 0.503. The van der Waals surface area contributed by atoms with Crippen molar-refractivity contribution in [2.75, 3.05) is 40.6 Å². The summed E-state index contributed by atoms with van der Waals surface area (Å²) in [5.74, 6) is 0.945. The Balaban J connectivity index is 1.69. The normalized spacial score (nSPS) is 17.2. The highest BCUT2D eigenvalue weighted by molar-refractivity contribution is 5.40. The third-order valence-corrected chi connectivity index (χ3v) is 3.67. The van der Waals surface area contributed by atoms with Gasteiger partial charge >= 0.3 is 0 Å². The average molecular weight is 279 g/mol. The molecule has 1 atom stereocenters. The second-order valence-corrected chi connectivity index (χ2v) is 5.05. The summed E-state index contributed by atoms with van der Waals surface area (Å²) in [4.78, 5) is 0. The van der Waals surface area contributed by atoms with Gasteiger partial charge in [0.05, 0.1) is 6.61 Å². The average Bonchev–Trinajstić information content (AvgIpc) is 2.88. The van der Waals surface area contributed by atoms with Crippen LogP contribution in [0.4, 0.5) is 0 Å². The first-order valence-corrected chi connectivity index (χ1v) is 7.34. The van der Waals surface area contributed by atoms with Gasteiger partial charge in [-0.2, -0.15) is 0 Å². The van der Waals surface area contributed by atoms with Crippen LogP contribution >= 0.6 is 0 Å². The fourth-order valence-electron chi connectivity index (χ4n) is 2.61. The van der Waals surface area contributed by atoms with Gasteiger partial charge in [-0.3, -0.25) is 0 Å². The fraction of sp³-hybridized carbons (Fsp3) is 0.625. The lowest BCUT2D eigenvalue weighted by molar-refractivity contribution is 0.0806. The summed E-state index contributed by atoms with van der Waals surface area (Å²) in [6.07, 6.45) is 3.24. The molecule has 0 aromatic heterocycles. The van der Waals surface area contributed by atoms with Gasteiger partial charge in [-0.05, 0) is 49.6 Å². The zero-order chi connectivity index (χ0) is 14.2. The molecule has 0 radical (unpaired) electrons. The minimum Gasteiger partial charge on any atom is -0.491 e. The van der Waals surface area contributed by atoms with Crippen LogP contribution in [0.1, 0.15) is 30.0 Å². The van der Waals surface area contributed by atoms with Crippen molar-refractivity contribution in [2.45, 2.75) is 25.3 Å². The van der Waals surface area contributed by atoms with E-state index in [0.717, 1.165) is 31.8 Å². The number of hydrogen-bond donors (Lipinski definition) is 1. The Morgan fingerprint density at radius 1 is 1.20 bits per heavy atom. The van der Waals surface area contributed by atoms with E-state index in [9.17, 15) is 0 Å². The number of aryl methyl sites for hydroxylation is 1. The molecular formula is C16H25NO3. The van der Waals surface area contributed by atoms with E-state index in [1.165, 1.54) is 17.5 Å². The van der Waals surface area contributed by atoms with Gasteiger partial charge in [-0.1, -0.05) is 6.07 Å². The van der Waals surface area contributed by atoms with Gasteiger partial charge in [-0.25, -0.2) is 0 Å². The number of methoxy groups -OCH3 is 1. The van der Waals surface area contributed by atoms with Gasteiger partial charge in [-0.15, -0.1) is 0 Å². The first-order chi connectivity index (χ1) is 9.85. The molecule has 4 heteroatoms. The van der Waals surface area contributed by atoms with Crippen LogP contribution < -0.4 is 10.1 Å². The molecule has 1 N–H and O–H groups in total. The molecule has 1 aromatic rings. The van der Waals surface area contributed by atoms with E-state index in [1.54, 1.807) is 7.11 Å². The molecule has 0 amide bonds. The maximum atomic E-state index is 5.73. The monoisotopic (exact) mass is 279 g/mol. The van der Waals surface area contributed by atoms with Crippen LogP contribution in [0.3, 0.4) is 0 Å². The first-order valence-electron chi connectivity index (χ1n) is 7.34. The van der Waals surface area contributed by atoms with Gasteiger partial charge in [0.25, 0.3) is 0 Å². The molecular weight excluding hydrogens is 254 g/mol. The highest BCUT2D eigenvalue weighted by Crippen LogP contribution is 2.33. The highest BCUT2D eigenvalue weighted by Gasteiger charge is 2.20. The standard InChI is InChI=1S/C16H25NO3/c1-17-16-7-4-13-12-14(5-6-15(13)16)20-11-10-19-9-3-8-18-2/h5-6,12,16-17H,3-4,7-11H2,1-2H3. The van der Waals surface area contributed by atoms with Crippen molar-refractivity contribution in [3.05, 3.63) is 29.3 Å². The molecule has 0 spiro atoms. The Bertz CT molecular complexity index is 409. The molecule has 0 aliphatic heterocycles. The molecule has 0 bridgehead atoms. The summed E-state index contributed by atoms with van der Waals surface area (Å²) in [5.41, 5.74) is 2.82. The largest absolute Gasteiger partial charge is 0.491 e.